The van der Waals surface area contributed by atoms with Crippen LogP contribution in [0.3, 0.4) is 0 Å². The zero-order valence-corrected chi connectivity index (χ0v) is 7.62. The topological polar surface area (TPSA) is 105 Å². The van der Waals surface area contributed by atoms with E-state index in [-0.39, 0.29) is 24.3 Å². The van der Waals surface area contributed by atoms with Crippen molar-refractivity contribution in [2.24, 2.45) is 11.5 Å². The number of hydrogen-bond donors (Lipinski definition) is 4. The molecule has 0 atom stereocenters. The van der Waals surface area contributed by atoms with Crippen LogP contribution < -0.4 is 16.8 Å². The minimum atomic E-state index is -0.284. The van der Waals surface area contributed by atoms with Gasteiger partial charge in [-0.2, -0.15) is 0 Å². The van der Waals surface area contributed by atoms with Crippen LogP contribution in [0, 0.1) is 5.41 Å². The molecule has 0 spiro atoms. The maximum atomic E-state index is 10.2. The Labute approximate surface area is 77.8 Å². The highest BCUT2D eigenvalue weighted by Crippen LogP contribution is 1.91. The fraction of sp³-hybridized carbons (Fsp3) is 0.667. The van der Waals surface area contributed by atoms with Crippen molar-refractivity contribution >= 4 is 24.3 Å². The van der Waals surface area contributed by atoms with Crippen LogP contribution in [0.2, 0.25) is 0 Å². The van der Waals surface area contributed by atoms with Gasteiger partial charge in [-0.3, -0.25) is 10.2 Å². The highest BCUT2D eigenvalue weighted by atomic mass is 35.5. The zero-order chi connectivity index (χ0) is 8.69. The van der Waals surface area contributed by atoms with Crippen LogP contribution >= 0.6 is 12.4 Å². The summed E-state index contributed by atoms with van der Waals surface area (Å²) in [5.41, 5.74) is 9.92. The lowest BCUT2D eigenvalue weighted by atomic mass is 10.2. The lowest BCUT2D eigenvalue weighted by Crippen LogP contribution is -2.30. The smallest absolute Gasteiger partial charge is 0.217 e. The maximum Gasteiger partial charge on any atom is 0.217 e. The normalized spacial score (nSPS) is 8.33. The molecule has 6 heteroatoms. The molecule has 0 aromatic heterocycles. The predicted molar refractivity (Wildman–Crippen MR) is 50.2 cm³/mol. The monoisotopic (exact) mass is 194 g/mol. The maximum absolute atomic E-state index is 10.2. The minimum Gasteiger partial charge on any atom is -0.370 e. The fourth-order valence-electron chi connectivity index (χ4n) is 0.647. The molecule has 0 saturated carbocycles. The van der Waals surface area contributed by atoms with Gasteiger partial charge >= 0.3 is 0 Å². The van der Waals surface area contributed by atoms with Gasteiger partial charge < -0.3 is 16.8 Å². The highest BCUT2D eigenvalue weighted by Gasteiger charge is 1.93. The highest BCUT2D eigenvalue weighted by molar-refractivity contribution is 5.85. The number of primary amides is 1. The van der Waals surface area contributed by atoms with Crippen LogP contribution in [-0.2, 0) is 4.79 Å². The summed E-state index contributed by atoms with van der Waals surface area (Å²) in [7, 11) is 0. The van der Waals surface area contributed by atoms with Gasteiger partial charge in [0, 0.05) is 13.0 Å². The molecule has 0 aliphatic rings. The Morgan fingerprint density at radius 2 is 1.92 bits per heavy atom. The van der Waals surface area contributed by atoms with E-state index < -0.39 is 0 Å². The summed E-state index contributed by atoms with van der Waals surface area (Å²) in [5.74, 6) is -0.322. The third kappa shape index (κ3) is 11.8. The molecular weight excluding hydrogens is 180 g/mol. The summed E-state index contributed by atoms with van der Waals surface area (Å²) >= 11 is 0. The van der Waals surface area contributed by atoms with Crippen LogP contribution in [0.15, 0.2) is 0 Å². The average molecular weight is 195 g/mol. The van der Waals surface area contributed by atoms with E-state index in [9.17, 15) is 4.79 Å². The second-order valence-corrected chi connectivity index (χ2v) is 2.26. The second-order valence-electron chi connectivity index (χ2n) is 2.26. The standard InChI is InChI=1S/C6H14N4O.ClH/c7-5(11)3-1-2-4-10-6(8)9;/h1-4H2,(H2,7,11)(H4,8,9,10);1H. The first-order valence-corrected chi connectivity index (χ1v) is 3.49. The molecule has 72 valence electrons. The van der Waals surface area contributed by atoms with Crippen molar-refractivity contribution in [2.75, 3.05) is 6.54 Å². The Morgan fingerprint density at radius 3 is 2.33 bits per heavy atom. The number of nitrogens with two attached hydrogens (primary N) is 2. The minimum absolute atomic E-state index is 0. The molecule has 0 aliphatic heterocycles. The molecule has 12 heavy (non-hydrogen) atoms. The van der Waals surface area contributed by atoms with E-state index in [1.54, 1.807) is 0 Å². The van der Waals surface area contributed by atoms with Gasteiger partial charge in [0.05, 0.1) is 0 Å². The van der Waals surface area contributed by atoms with Gasteiger partial charge in [0.25, 0.3) is 0 Å². The number of unbranched alkanes of at least 4 members (excludes halogenated alkanes) is 1. The third-order valence-corrected chi connectivity index (χ3v) is 1.17. The molecule has 0 bridgehead atoms. The summed E-state index contributed by atoms with van der Waals surface area (Å²) < 4.78 is 0. The largest absolute Gasteiger partial charge is 0.370 e. The Bertz CT molecular complexity index is 134. The number of halogens is 1. The molecule has 5 nitrogen and oxygen atoms in total. The Balaban J connectivity index is 0. The molecule has 0 unspecified atom stereocenters. The number of carbonyl (C=O) groups is 1. The van der Waals surface area contributed by atoms with Crippen molar-refractivity contribution in [3.8, 4) is 0 Å². The Morgan fingerprint density at radius 1 is 1.33 bits per heavy atom. The van der Waals surface area contributed by atoms with Gasteiger partial charge in [-0.25, -0.2) is 0 Å². The lowest BCUT2D eigenvalue weighted by molar-refractivity contribution is -0.118. The van der Waals surface area contributed by atoms with E-state index in [1.165, 1.54) is 0 Å². The Hall–Kier alpha value is -0.970. The van der Waals surface area contributed by atoms with E-state index in [0.29, 0.717) is 13.0 Å². The first-order chi connectivity index (χ1) is 5.13. The van der Waals surface area contributed by atoms with Gasteiger partial charge in [-0.1, -0.05) is 0 Å². The van der Waals surface area contributed by atoms with E-state index in [1.807, 2.05) is 0 Å². The molecule has 6 N–H and O–H groups in total. The summed E-state index contributed by atoms with van der Waals surface area (Å²) in [6.45, 7) is 0.628. The molecule has 0 rings (SSSR count). The SMILES string of the molecule is Cl.N=C(N)NCCCCC(N)=O. The molecule has 1 amide bonds. The Kier molecular flexibility index (Phi) is 9.22. The average Bonchev–Trinajstić information content (AvgIpc) is 1.85. The van der Waals surface area contributed by atoms with Crippen LogP contribution in [0.4, 0.5) is 0 Å². The number of amides is 1. The van der Waals surface area contributed by atoms with Gasteiger partial charge in [0.1, 0.15) is 0 Å². The van der Waals surface area contributed by atoms with E-state index >= 15 is 0 Å². The van der Waals surface area contributed by atoms with Crippen molar-refractivity contribution < 1.29 is 4.79 Å². The van der Waals surface area contributed by atoms with Gasteiger partial charge in [-0.05, 0) is 12.8 Å². The number of nitrogens with one attached hydrogen (secondary N) is 2. The van der Waals surface area contributed by atoms with Gasteiger partial charge in [-0.15, -0.1) is 12.4 Å². The molecule has 0 radical (unpaired) electrons. The summed E-state index contributed by atoms with van der Waals surface area (Å²) in [5, 5.41) is 9.42. The van der Waals surface area contributed by atoms with Crippen molar-refractivity contribution in [3.05, 3.63) is 0 Å². The van der Waals surface area contributed by atoms with Crippen molar-refractivity contribution in [1.29, 1.82) is 5.41 Å². The molecule has 0 aromatic rings. The number of carbonyl (C=O) groups excluding carboxylic acids is 1. The van der Waals surface area contributed by atoms with Crippen LogP contribution in [0.1, 0.15) is 19.3 Å². The second kappa shape index (κ2) is 8.13. The number of rotatable bonds is 5. The molecule has 0 aromatic carbocycles. The van der Waals surface area contributed by atoms with E-state index in [2.05, 4.69) is 5.32 Å². The van der Waals surface area contributed by atoms with Gasteiger partial charge in [0.15, 0.2) is 5.96 Å². The third-order valence-electron chi connectivity index (χ3n) is 1.17. The molecule has 0 saturated heterocycles. The number of guanidine groups is 1. The summed E-state index contributed by atoms with van der Waals surface area (Å²) in [6.07, 6.45) is 1.96. The van der Waals surface area contributed by atoms with Gasteiger partial charge in [0.2, 0.25) is 5.91 Å². The van der Waals surface area contributed by atoms with Crippen LogP contribution in [0.5, 0.6) is 0 Å². The lowest BCUT2D eigenvalue weighted by Gasteiger charge is -2.01. The predicted octanol–water partition coefficient (Wildman–Crippen LogP) is -0.453. The van der Waals surface area contributed by atoms with Crippen LogP contribution in [0.25, 0.3) is 0 Å². The van der Waals surface area contributed by atoms with Crippen molar-refractivity contribution in [2.45, 2.75) is 19.3 Å². The molecule has 0 fully saturated rings. The first-order valence-electron chi connectivity index (χ1n) is 3.49. The molecule has 0 heterocycles. The fourth-order valence-corrected chi connectivity index (χ4v) is 0.647. The van der Waals surface area contributed by atoms with Crippen LogP contribution in [-0.4, -0.2) is 18.4 Å². The molecular formula is C6H15ClN4O. The van der Waals surface area contributed by atoms with E-state index in [0.717, 1.165) is 12.8 Å². The zero-order valence-electron chi connectivity index (χ0n) is 6.80. The van der Waals surface area contributed by atoms with Crippen molar-refractivity contribution in [1.82, 2.24) is 5.32 Å². The quantitative estimate of drug-likeness (QED) is 0.271. The molecule has 0 aliphatic carbocycles. The van der Waals surface area contributed by atoms with E-state index in [4.69, 9.17) is 16.9 Å². The van der Waals surface area contributed by atoms with Crippen molar-refractivity contribution in [3.63, 3.8) is 0 Å². The summed E-state index contributed by atoms with van der Waals surface area (Å²) in [4.78, 5) is 10.2. The number of hydrogen-bond acceptors (Lipinski definition) is 2. The first kappa shape index (κ1) is 13.6. The summed E-state index contributed by atoms with van der Waals surface area (Å²) in [6, 6.07) is 0.